The maximum atomic E-state index is 5.61. The molecule has 1 saturated carbocycles. The molecule has 0 spiro atoms. The first-order chi connectivity index (χ1) is 7.31. The maximum Gasteiger partial charge on any atom is 0.0497 e. The van der Waals surface area contributed by atoms with Crippen molar-refractivity contribution >= 4 is 0 Å². The second-order valence-corrected chi connectivity index (χ2v) is 4.82. The fourth-order valence-electron chi connectivity index (χ4n) is 2.80. The summed E-state index contributed by atoms with van der Waals surface area (Å²) in [7, 11) is 2.06. The first-order valence-electron chi connectivity index (χ1n) is 6.54. The molecule has 1 aliphatic rings. The van der Waals surface area contributed by atoms with E-state index in [0.717, 1.165) is 37.5 Å². The molecule has 3 unspecified atom stereocenters. The molecule has 0 saturated heterocycles. The summed E-state index contributed by atoms with van der Waals surface area (Å²) >= 11 is 0. The van der Waals surface area contributed by atoms with Gasteiger partial charge in [0.25, 0.3) is 0 Å². The highest BCUT2D eigenvalue weighted by Crippen LogP contribution is 2.35. The molecule has 0 heterocycles. The van der Waals surface area contributed by atoms with Crippen LogP contribution in [0.2, 0.25) is 0 Å². The second kappa shape index (κ2) is 7.24. The summed E-state index contributed by atoms with van der Waals surface area (Å²) < 4.78 is 5.61. The van der Waals surface area contributed by atoms with Gasteiger partial charge in [-0.25, -0.2) is 0 Å². The van der Waals surface area contributed by atoms with Gasteiger partial charge in [-0.05, 0) is 51.1 Å². The Balaban J connectivity index is 2.40. The van der Waals surface area contributed by atoms with E-state index in [9.17, 15) is 0 Å². The van der Waals surface area contributed by atoms with Gasteiger partial charge in [-0.2, -0.15) is 0 Å². The zero-order chi connectivity index (χ0) is 11.1. The van der Waals surface area contributed by atoms with Crippen LogP contribution in [-0.2, 0) is 4.74 Å². The first kappa shape index (κ1) is 13.0. The van der Waals surface area contributed by atoms with E-state index < -0.39 is 0 Å². The molecule has 2 nitrogen and oxygen atoms in total. The van der Waals surface area contributed by atoms with Crippen molar-refractivity contribution in [1.29, 1.82) is 0 Å². The van der Waals surface area contributed by atoms with Crippen LogP contribution in [0.25, 0.3) is 0 Å². The van der Waals surface area contributed by atoms with Crippen molar-refractivity contribution in [2.45, 2.75) is 39.5 Å². The molecule has 1 rings (SSSR count). The fraction of sp³-hybridized carbons (Fsp3) is 1.00. The predicted molar refractivity (Wildman–Crippen MR) is 65.0 cm³/mol. The minimum absolute atomic E-state index is 0.788. The van der Waals surface area contributed by atoms with E-state index in [0.29, 0.717) is 0 Å². The molecule has 0 radical (unpaired) electrons. The van der Waals surface area contributed by atoms with E-state index in [4.69, 9.17) is 4.74 Å². The molecule has 2 heteroatoms. The van der Waals surface area contributed by atoms with Gasteiger partial charge >= 0.3 is 0 Å². The van der Waals surface area contributed by atoms with Crippen LogP contribution >= 0.6 is 0 Å². The molecular formula is C13H27NO. The smallest absolute Gasteiger partial charge is 0.0497 e. The van der Waals surface area contributed by atoms with Gasteiger partial charge in [0.05, 0.1) is 0 Å². The van der Waals surface area contributed by atoms with Crippen LogP contribution < -0.4 is 5.32 Å². The maximum absolute atomic E-state index is 5.61. The zero-order valence-electron chi connectivity index (χ0n) is 10.6. The Labute approximate surface area is 94.8 Å². The van der Waals surface area contributed by atoms with E-state index in [1.165, 1.54) is 25.7 Å². The lowest BCUT2D eigenvalue weighted by Gasteiger charge is -2.35. The minimum atomic E-state index is 0.788. The van der Waals surface area contributed by atoms with Gasteiger partial charge in [0.1, 0.15) is 0 Å². The topological polar surface area (TPSA) is 21.3 Å². The summed E-state index contributed by atoms with van der Waals surface area (Å²) in [6.07, 6.45) is 5.53. The molecular weight excluding hydrogens is 186 g/mol. The van der Waals surface area contributed by atoms with E-state index in [2.05, 4.69) is 26.2 Å². The van der Waals surface area contributed by atoms with Crippen molar-refractivity contribution in [3.63, 3.8) is 0 Å². The second-order valence-electron chi connectivity index (χ2n) is 4.82. The molecule has 0 bridgehead atoms. The van der Waals surface area contributed by atoms with Crippen LogP contribution in [0.4, 0.5) is 0 Å². The zero-order valence-corrected chi connectivity index (χ0v) is 10.6. The highest BCUT2D eigenvalue weighted by Gasteiger charge is 2.29. The SMILES string of the molecule is CCOCC1CC(CC)CCC1CNC. The predicted octanol–water partition coefficient (Wildman–Crippen LogP) is 2.68. The molecule has 0 aromatic rings. The van der Waals surface area contributed by atoms with E-state index >= 15 is 0 Å². The van der Waals surface area contributed by atoms with E-state index in [1.54, 1.807) is 0 Å². The number of rotatable bonds is 6. The molecule has 15 heavy (non-hydrogen) atoms. The molecule has 0 aromatic heterocycles. The first-order valence-corrected chi connectivity index (χ1v) is 6.54. The Kier molecular flexibility index (Phi) is 6.26. The Morgan fingerprint density at radius 1 is 1.20 bits per heavy atom. The molecule has 1 aliphatic carbocycles. The summed E-state index contributed by atoms with van der Waals surface area (Å²) in [5, 5.41) is 3.32. The normalized spacial score (nSPS) is 31.8. The monoisotopic (exact) mass is 213 g/mol. The lowest BCUT2D eigenvalue weighted by atomic mass is 9.73. The van der Waals surface area contributed by atoms with Crippen molar-refractivity contribution in [2.75, 3.05) is 26.8 Å². The third kappa shape index (κ3) is 4.12. The van der Waals surface area contributed by atoms with Crippen LogP contribution in [0.1, 0.15) is 39.5 Å². The molecule has 0 aliphatic heterocycles. The highest BCUT2D eigenvalue weighted by molar-refractivity contribution is 4.80. The van der Waals surface area contributed by atoms with Crippen molar-refractivity contribution in [3.05, 3.63) is 0 Å². The van der Waals surface area contributed by atoms with Crippen LogP contribution in [0.15, 0.2) is 0 Å². The van der Waals surface area contributed by atoms with Gasteiger partial charge in [0.15, 0.2) is 0 Å². The summed E-state index contributed by atoms with van der Waals surface area (Å²) in [6.45, 7) is 7.40. The summed E-state index contributed by atoms with van der Waals surface area (Å²) in [4.78, 5) is 0. The Hall–Kier alpha value is -0.0800. The quantitative estimate of drug-likeness (QED) is 0.732. The summed E-state index contributed by atoms with van der Waals surface area (Å²) in [5.74, 6) is 2.57. The largest absolute Gasteiger partial charge is 0.381 e. The summed E-state index contributed by atoms with van der Waals surface area (Å²) in [6, 6.07) is 0. The van der Waals surface area contributed by atoms with Crippen molar-refractivity contribution < 1.29 is 4.74 Å². The van der Waals surface area contributed by atoms with Crippen LogP contribution in [0.5, 0.6) is 0 Å². The molecule has 0 amide bonds. The average Bonchev–Trinajstić information content (AvgIpc) is 2.28. The Bertz CT molecular complexity index is 161. The van der Waals surface area contributed by atoms with Gasteiger partial charge in [0, 0.05) is 13.2 Å². The molecule has 3 atom stereocenters. The summed E-state index contributed by atoms with van der Waals surface area (Å²) in [5.41, 5.74) is 0. The van der Waals surface area contributed by atoms with Crippen LogP contribution in [-0.4, -0.2) is 26.8 Å². The van der Waals surface area contributed by atoms with Crippen LogP contribution in [0, 0.1) is 17.8 Å². The number of hydrogen-bond acceptors (Lipinski definition) is 2. The van der Waals surface area contributed by atoms with Gasteiger partial charge in [0.2, 0.25) is 0 Å². The molecule has 90 valence electrons. The van der Waals surface area contributed by atoms with Gasteiger partial charge in [-0.15, -0.1) is 0 Å². The number of nitrogens with one attached hydrogen (secondary N) is 1. The molecule has 1 fully saturated rings. The highest BCUT2D eigenvalue weighted by atomic mass is 16.5. The van der Waals surface area contributed by atoms with Crippen molar-refractivity contribution in [1.82, 2.24) is 5.32 Å². The average molecular weight is 213 g/mol. The van der Waals surface area contributed by atoms with Gasteiger partial charge < -0.3 is 10.1 Å². The van der Waals surface area contributed by atoms with Crippen LogP contribution in [0.3, 0.4) is 0 Å². The standard InChI is InChI=1S/C13H27NO/c1-4-11-6-7-12(9-14-3)13(8-11)10-15-5-2/h11-14H,4-10H2,1-3H3. The van der Waals surface area contributed by atoms with Crippen molar-refractivity contribution in [3.8, 4) is 0 Å². The van der Waals surface area contributed by atoms with Gasteiger partial charge in [-0.1, -0.05) is 19.8 Å². The van der Waals surface area contributed by atoms with Crippen molar-refractivity contribution in [2.24, 2.45) is 17.8 Å². The number of ether oxygens (including phenoxy) is 1. The fourth-order valence-corrected chi connectivity index (χ4v) is 2.80. The molecule has 0 aromatic carbocycles. The Morgan fingerprint density at radius 3 is 2.60 bits per heavy atom. The Morgan fingerprint density at radius 2 is 2.00 bits per heavy atom. The minimum Gasteiger partial charge on any atom is -0.381 e. The number of hydrogen-bond donors (Lipinski definition) is 1. The lowest BCUT2D eigenvalue weighted by Crippen LogP contribution is -2.34. The third-order valence-electron chi connectivity index (χ3n) is 3.83. The van der Waals surface area contributed by atoms with E-state index in [-0.39, 0.29) is 0 Å². The molecule has 1 N–H and O–H groups in total. The third-order valence-corrected chi connectivity index (χ3v) is 3.83. The lowest BCUT2D eigenvalue weighted by molar-refractivity contribution is 0.0507. The van der Waals surface area contributed by atoms with E-state index in [1.807, 2.05) is 0 Å². The van der Waals surface area contributed by atoms with Gasteiger partial charge in [-0.3, -0.25) is 0 Å².